The van der Waals surface area contributed by atoms with Gasteiger partial charge in [0, 0.05) is 47.3 Å². The second kappa shape index (κ2) is 5.86. The highest BCUT2D eigenvalue weighted by molar-refractivity contribution is 6.35. The number of halogens is 1. The van der Waals surface area contributed by atoms with Crippen molar-refractivity contribution in [2.75, 3.05) is 5.73 Å². The number of nitrogen functional groups attached to an aromatic ring is 1. The van der Waals surface area contributed by atoms with Crippen LogP contribution in [0.5, 0.6) is 0 Å². The summed E-state index contributed by atoms with van der Waals surface area (Å²) >= 11 is 6.23. The summed E-state index contributed by atoms with van der Waals surface area (Å²) in [5, 5.41) is 6.21. The first-order valence-corrected chi connectivity index (χ1v) is 8.22. The van der Waals surface area contributed by atoms with E-state index in [1.54, 1.807) is 18.6 Å². The third-order valence-corrected chi connectivity index (χ3v) is 4.28. The van der Waals surface area contributed by atoms with E-state index in [9.17, 15) is 0 Å². The van der Waals surface area contributed by atoms with E-state index in [-0.39, 0.29) is 12.0 Å². The average molecular weight is 354 g/mol. The molecule has 0 bridgehead atoms. The van der Waals surface area contributed by atoms with E-state index < -0.39 is 0 Å². The first kappa shape index (κ1) is 15.6. The SMILES string of the molecule is CC(C)n1cc(-c2ccnc(N)n2)c(-c2cnc3[nH]cc(Cl)c3c2)n1. The Bertz CT molecular complexity index is 1060. The molecule has 0 atom stereocenters. The number of anilines is 1. The normalized spacial score (nSPS) is 11.5. The quantitative estimate of drug-likeness (QED) is 0.585. The lowest BCUT2D eigenvalue weighted by molar-refractivity contribution is 0.534. The van der Waals surface area contributed by atoms with Crippen molar-refractivity contribution in [3.05, 3.63) is 41.9 Å². The largest absolute Gasteiger partial charge is 0.368 e. The van der Waals surface area contributed by atoms with Crippen molar-refractivity contribution in [1.29, 1.82) is 0 Å². The summed E-state index contributed by atoms with van der Waals surface area (Å²) in [6, 6.07) is 4.00. The molecule has 8 heteroatoms. The summed E-state index contributed by atoms with van der Waals surface area (Å²) in [4.78, 5) is 15.8. The maximum atomic E-state index is 6.23. The van der Waals surface area contributed by atoms with E-state index in [4.69, 9.17) is 22.4 Å². The molecular weight excluding hydrogens is 338 g/mol. The lowest BCUT2D eigenvalue weighted by Crippen LogP contribution is -2.00. The van der Waals surface area contributed by atoms with Crippen molar-refractivity contribution in [1.82, 2.24) is 29.7 Å². The molecule has 0 aliphatic carbocycles. The molecule has 0 aromatic carbocycles. The fourth-order valence-corrected chi connectivity index (χ4v) is 2.88. The van der Waals surface area contributed by atoms with E-state index in [1.165, 1.54) is 0 Å². The number of hydrogen-bond donors (Lipinski definition) is 2. The molecule has 0 amide bonds. The van der Waals surface area contributed by atoms with Gasteiger partial charge in [0.1, 0.15) is 11.3 Å². The second-order valence-electron chi connectivity index (χ2n) is 6.02. The molecule has 0 radical (unpaired) electrons. The summed E-state index contributed by atoms with van der Waals surface area (Å²) < 4.78 is 1.89. The van der Waals surface area contributed by atoms with Gasteiger partial charge in [-0.05, 0) is 26.0 Å². The smallest absolute Gasteiger partial charge is 0.220 e. The molecule has 4 heterocycles. The molecule has 0 aliphatic rings. The summed E-state index contributed by atoms with van der Waals surface area (Å²) in [5.74, 6) is 0.225. The molecule has 4 aromatic heterocycles. The number of nitrogens with one attached hydrogen (secondary N) is 1. The maximum Gasteiger partial charge on any atom is 0.220 e. The van der Waals surface area contributed by atoms with Crippen LogP contribution < -0.4 is 5.73 Å². The lowest BCUT2D eigenvalue weighted by Gasteiger charge is -2.03. The van der Waals surface area contributed by atoms with Crippen LogP contribution in [0.25, 0.3) is 33.5 Å². The van der Waals surface area contributed by atoms with E-state index in [0.717, 1.165) is 33.5 Å². The van der Waals surface area contributed by atoms with Crippen molar-refractivity contribution in [3.63, 3.8) is 0 Å². The monoisotopic (exact) mass is 353 g/mol. The van der Waals surface area contributed by atoms with Gasteiger partial charge in [-0.2, -0.15) is 5.10 Å². The van der Waals surface area contributed by atoms with Gasteiger partial charge in [-0.3, -0.25) is 4.68 Å². The number of hydrogen-bond acceptors (Lipinski definition) is 5. The Morgan fingerprint density at radius 2 is 2.12 bits per heavy atom. The van der Waals surface area contributed by atoms with Crippen LogP contribution in [0.15, 0.2) is 36.9 Å². The van der Waals surface area contributed by atoms with Gasteiger partial charge in [0.15, 0.2) is 0 Å². The van der Waals surface area contributed by atoms with E-state index in [2.05, 4.69) is 33.8 Å². The van der Waals surface area contributed by atoms with Crippen LogP contribution in [0.3, 0.4) is 0 Å². The molecule has 126 valence electrons. The molecule has 7 nitrogen and oxygen atoms in total. The maximum absolute atomic E-state index is 6.23. The fraction of sp³-hybridized carbons (Fsp3) is 0.176. The predicted octanol–water partition coefficient (Wildman–Crippen LogP) is 3.70. The van der Waals surface area contributed by atoms with Gasteiger partial charge in [-0.1, -0.05) is 11.6 Å². The van der Waals surface area contributed by atoms with Gasteiger partial charge in [0.05, 0.1) is 10.7 Å². The highest BCUT2D eigenvalue weighted by Gasteiger charge is 2.17. The lowest BCUT2D eigenvalue weighted by atomic mass is 10.1. The van der Waals surface area contributed by atoms with Crippen molar-refractivity contribution in [3.8, 4) is 22.5 Å². The third kappa shape index (κ3) is 2.72. The number of rotatable bonds is 3. The van der Waals surface area contributed by atoms with E-state index >= 15 is 0 Å². The van der Waals surface area contributed by atoms with Crippen LogP contribution in [-0.2, 0) is 0 Å². The first-order chi connectivity index (χ1) is 12.0. The molecule has 0 unspecified atom stereocenters. The Morgan fingerprint density at radius 3 is 2.88 bits per heavy atom. The van der Waals surface area contributed by atoms with Crippen LogP contribution >= 0.6 is 11.6 Å². The third-order valence-electron chi connectivity index (χ3n) is 3.97. The van der Waals surface area contributed by atoms with Crippen molar-refractivity contribution >= 4 is 28.6 Å². The van der Waals surface area contributed by atoms with Crippen LogP contribution in [0.2, 0.25) is 5.02 Å². The zero-order chi connectivity index (χ0) is 17.6. The molecule has 0 saturated carbocycles. The van der Waals surface area contributed by atoms with Gasteiger partial charge >= 0.3 is 0 Å². The second-order valence-corrected chi connectivity index (χ2v) is 6.43. The van der Waals surface area contributed by atoms with Gasteiger partial charge in [-0.15, -0.1) is 0 Å². The highest BCUT2D eigenvalue weighted by atomic mass is 35.5. The molecule has 25 heavy (non-hydrogen) atoms. The summed E-state index contributed by atoms with van der Waals surface area (Å²) in [6.07, 6.45) is 7.10. The standard InChI is InChI=1S/C17H16ClN7/c1-9(2)25-8-12(14-3-4-20-17(19)23-14)15(24-25)10-5-11-13(18)7-22-16(11)21-6-10/h3-9H,1-2H3,(H,21,22)(H2,19,20,23). The minimum atomic E-state index is 0.208. The fourth-order valence-electron chi connectivity index (χ4n) is 2.68. The minimum absolute atomic E-state index is 0.208. The van der Waals surface area contributed by atoms with Gasteiger partial charge in [0.2, 0.25) is 5.95 Å². The Morgan fingerprint density at radius 1 is 1.28 bits per heavy atom. The van der Waals surface area contributed by atoms with Crippen molar-refractivity contribution in [2.24, 2.45) is 0 Å². The molecule has 3 N–H and O–H groups in total. The molecule has 4 aromatic rings. The van der Waals surface area contributed by atoms with Crippen LogP contribution in [0, 0.1) is 0 Å². The Balaban J connectivity index is 1.94. The zero-order valence-corrected chi connectivity index (χ0v) is 14.5. The topological polar surface area (TPSA) is 98.3 Å². The number of nitrogens with two attached hydrogens (primary N) is 1. The number of aromatic nitrogens is 6. The van der Waals surface area contributed by atoms with Crippen molar-refractivity contribution in [2.45, 2.75) is 19.9 Å². The average Bonchev–Trinajstić information content (AvgIpc) is 3.19. The van der Waals surface area contributed by atoms with Crippen LogP contribution in [0.1, 0.15) is 19.9 Å². The summed E-state index contributed by atoms with van der Waals surface area (Å²) in [5.41, 5.74) is 9.72. The van der Waals surface area contributed by atoms with Gasteiger partial charge in [0.25, 0.3) is 0 Å². The molecule has 0 saturated heterocycles. The minimum Gasteiger partial charge on any atom is -0.368 e. The number of nitrogens with zero attached hydrogens (tertiary/aromatic N) is 5. The first-order valence-electron chi connectivity index (χ1n) is 7.84. The Labute approximate surface area is 148 Å². The number of pyridine rings is 1. The van der Waals surface area contributed by atoms with Crippen molar-refractivity contribution < 1.29 is 0 Å². The van der Waals surface area contributed by atoms with Gasteiger partial charge in [-0.25, -0.2) is 15.0 Å². The molecule has 0 aliphatic heterocycles. The number of H-pyrrole nitrogens is 1. The van der Waals surface area contributed by atoms with Crippen LogP contribution in [0.4, 0.5) is 5.95 Å². The molecular formula is C17H16ClN7. The van der Waals surface area contributed by atoms with E-state index in [0.29, 0.717) is 5.02 Å². The Kier molecular flexibility index (Phi) is 3.65. The molecule has 0 fully saturated rings. The van der Waals surface area contributed by atoms with E-state index in [1.807, 2.05) is 23.0 Å². The predicted molar refractivity (Wildman–Crippen MR) is 98.1 cm³/mol. The zero-order valence-electron chi connectivity index (χ0n) is 13.7. The van der Waals surface area contributed by atoms with Crippen LogP contribution in [-0.4, -0.2) is 29.7 Å². The molecule has 0 spiro atoms. The number of fused-ring (bicyclic) bond motifs is 1. The Hall–Kier alpha value is -2.93. The summed E-state index contributed by atoms with van der Waals surface area (Å²) in [6.45, 7) is 4.14. The summed E-state index contributed by atoms with van der Waals surface area (Å²) in [7, 11) is 0. The number of aromatic amines is 1. The molecule has 4 rings (SSSR count). The highest BCUT2D eigenvalue weighted by Crippen LogP contribution is 2.33. The van der Waals surface area contributed by atoms with Gasteiger partial charge < -0.3 is 10.7 Å².